The molecule has 0 unspecified atom stereocenters. The molecule has 25 heavy (non-hydrogen) atoms. The molecule has 3 aliphatic rings. The first kappa shape index (κ1) is 16.5. The topological polar surface area (TPSA) is 91.4 Å². The van der Waals surface area contributed by atoms with Gasteiger partial charge in [-0.1, -0.05) is 6.42 Å². The van der Waals surface area contributed by atoms with Gasteiger partial charge in [0.2, 0.25) is 5.91 Å². The maximum absolute atomic E-state index is 12.6. The normalized spacial score (nSPS) is 26.2. The molecule has 0 aromatic carbocycles. The Labute approximate surface area is 150 Å². The molecule has 2 heterocycles. The molecule has 2 fully saturated rings. The van der Waals surface area contributed by atoms with E-state index in [0.29, 0.717) is 5.13 Å². The van der Waals surface area contributed by atoms with Gasteiger partial charge < -0.3 is 10.6 Å². The molecule has 0 spiro atoms. The summed E-state index contributed by atoms with van der Waals surface area (Å²) in [6.07, 6.45) is 7.35. The average molecular weight is 362 g/mol. The second-order valence-corrected chi connectivity index (χ2v) is 8.38. The number of fused-ring (bicyclic) bond motifs is 1. The van der Waals surface area contributed by atoms with Crippen LogP contribution in [0, 0.1) is 5.92 Å². The van der Waals surface area contributed by atoms with E-state index < -0.39 is 11.6 Å². The first-order valence-electron chi connectivity index (χ1n) is 8.90. The Hall–Kier alpha value is -1.96. The summed E-state index contributed by atoms with van der Waals surface area (Å²) in [5, 5.41) is 6.07. The van der Waals surface area contributed by atoms with E-state index in [0.717, 1.165) is 49.1 Å². The van der Waals surface area contributed by atoms with Gasteiger partial charge in [0.05, 0.1) is 5.69 Å². The number of nitrogens with zero attached hydrogens (tertiary/aromatic N) is 2. The highest BCUT2D eigenvalue weighted by molar-refractivity contribution is 7.15. The zero-order valence-corrected chi connectivity index (χ0v) is 15.1. The summed E-state index contributed by atoms with van der Waals surface area (Å²) in [6, 6.07) is -0.482. The van der Waals surface area contributed by atoms with E-state index in [4.69, 9.17) is 0 Å². The number of carbonyl (C=O) groups is 3. The molecule has 4 amide bonds. The Bertz CT molecular complexity index is 719. The monoisotopic (exact) mass is 362 g/mol. The largest absolute Gasteiger partial charge is 0.325 e. The highest BCUT2D eigenvalue weighted by atomic mass is 32.1. The Morgan fingerprint density at radius 3 is 2.84 bits per heavy atom. The van der Waals surface area contributed by atoms with Crippen LogP contribution in [-0.4, -0.2) is 39.8 Å². The Balaban J connectivity index is 1.41. The predicted molar refractivity (Wildman–Crippen MR) is 93.4 cm³/mol. The third kappa shape index (κ3) is 3.03. The summed E-state index contributed by atoms with van der Waals surface area (Å²) < 4.78 is 0. The summed E-state index contributed by atoms with van der Waals surface area (Å²) in [7, 11) is 0. The van der Waals surface area contributed by atoms with Gasteiger partial charge in [-0.05, 0) is 51.4 Å². The standard InChI is InChI=1S/C17H22N4O3S/c1-17(10-7-8-10)14(23)21(16(24)20-17)9-13(22)19-15-18-11-5-3-2-4-6-12(11)25-15/h10H,2-9H2,1H3,(H,20,24)(H,18,19,22)/t17-/m0/s1. The van der Waals surface area contributed by atoms with Crippen molar-refractivity contribution in [2.24, 2.45) is 5.92 Å². The molecule has 8 heteroatoms. The SMILES string of the molecule is C[C@@]1(C2CC2)NC(=O)N(CC(=O)Nc2nc3c(s2)CCCCC3)C1=O. The van der Waals surface area contributed by atoms with Crippen molar-refractivity contribution in [3.63, 3.8) is 0 Å². The minimum Gasteiger partial charge on any atom is -0.323 e. The van der Waals surface area contributed by atoms with Gasteiger partial charge in [-0.25, -0.2) is 9.78 Å². The van der Waals surface area contributed by atoms with Crippen molar-refractivity contribution in [2.75, 3.05) is 11.9 Å². The average Bonchev–Trinajstić information content (AvgIpc) is 3.35. The fourth-order valence-corrected chi connectivity index (χ4v) is 4.75. The zero-order valence-electron chi connectivity index (χ0n) is 14.3. The van der Waals surface area contributed by atoms with E-state index in [2.05, 4.69) is 15.6 Å². The van der Waals surface area contributed by atoms with Crippen LogP contribution >= 0.6 is 11.3 Å². The highest BCUT2D eigenvalue weighted by Crippen LogP contribution is 2.42. The van der Waals surface area contributed by atoms with E-state index in [1.165, 1.54) is 22.6 Å². The fraction of sp³-hybridized carbons (Fsp3) is 0.647. The van der Waals surface area contributed by atoms with Crippen LogP contribution in [0.4, 0.5) is 9.93 Å². The van der Waals surface area contributed by atoms with Crippen LogP contribution < -0.4 is 10.6 Å². The first-order valence-corrected chi connectivity index (χ1v) is 9.71. The van der Waals surface area contributed by atoms with Gasteiger partial charge in [0, 0.05) is 4.88 Å². The van der Waals surface area contributed by atoms with Gasteiger partial charge in [-0.15, -0.1) is 11.3 Å². The lowest BCUT2D eigenvalue weighted by molar-refractivity contribution is -0.134. The number of carbonyl (C=O) groups excluding carboxylic acids is 3. The molecule has 134 valence electrons. The zero-order chi connectivity index (χ0) is 17.6. The summed E-state index contributed by atoms with van der Waals surface area (Å²) in [6.45, 7) is 1.48. The molecular formula is C17H22N4O3S. The van der Waals surface area contributed by atoms with Gasteiger partial charge in [-0.3, -0.25) is 14.5 Å². The second-order valence-electron chi connectivity index (χ2n) is 7.30. The molecule has 1 saturated heterocycles. The number of amides is 4. The molecule has 1 aromatic rings. The predicted octanol–water partition coefficient (Wildman–Crippen LogP) is 2.07. The molecule has 2 aliphatic carbocycles. The smallest absolute Gasteiger partial charge is 0.323 e. The van der Waals surface area contributed by atoms with Crippen LogP contribution in [0.15, 0.2) is 0 Å². The Morgan fingerprint density at radius 1 is 1.32 bits per heavy atom. The third-order valence-corrected chi connectivity index (χ3v) is 6.41. The molecule has 1 aliphatic heterocycles. The maximum atomic E-state index is 12.6. The first-order chi connectivity index (χ1) is 12.0. The number of anilines is 1. The number of aromatic nitrogens is 1. The Morgan fingerprint density at radius 2 is 2.08 bits per heavy atom. The third-order valence-electron chi connectivity index (χ3n) is 5.34. The fourth-order valence-electron chi connectivity index (χ4n) is 3.68. The van der Waals surface area contributed by atoms with Crippen LogP contribution in [0.3, 0.4) is 0 Å². The number of hydrogen-bond donors (Lipinski definition) is 2. The van der Waals surface area contributed by atoms with Crippen molar-refractivity contribution in [2.45, 2.75) is 57.4 Å². The van der Waals surface area contributed by atoms with Gasteiger partial charge in [-0.2, -0.15) is 0 Å². The second kappa shape index (κ2) is 6.09. The van der Waals surface area contributed by atoms with Crippen molar-refractivity contribution >= 4 is 34.3 Å². The lowest BCUT2D eigenvalue weighted by atomic mass is 9.96. The molecule has 2 N–H and O–H groups in total. The number of rotatable bonds is 4. The number of thiazole rings is 1. The van der Waals surface area contributed by atoms with Gasteiger partial charge in [0.1, 0.15) is 12.1 Å². The molecule has 7 nitrogen and oxygen atoms in total. The van der Waals surface area contributed by atoms with E-state index in [1.807, 2.05) is 0 Å². The van der Waals surface area contributed by atoms with Gasteiger partial charge in [0.25, 0.3) is 5.91 Å². The molecule has 4 rings (SSSR count). The van der Waals surface area contributed by atoms with Crippen LogP contribution in [0.5, 0.6) is 0 Å². The Kier molecular flexibility index (Phi) is 4.02. The van der Waals surface area contributed by atoms with Crippen molar-refractivity contribution in [3.05, 3.63) is 10.6 Å². The number of aryl methyl sites for hydroxylation is 2. The summed E-state index contributed by atoms with van der Waals surface area (Å²) in [4.78, 5) is 43.8. The van der Waals surface area contributed by atoms with E-state index >= 15 is 0 Å². The van der Waals surface area contributed by atoms with E-state index in [9.17, 15) is 14.4 Å². The maximum Gasteiger partial charge on any atom is 0.325 e. The molecule has 0 radical (unpaired) electrons. The number of urea groups is 1. The number of nitrogens with one attached hydrogen (secondary N) is 2. The minimum atomic E-state index is -0.851. The van der Waals surface area contributed by atoms with Gasteiger partial charge in [0.15, 0.2) is 5.13 Å². The quantitative estimate of drug-likeness (QED) is 0.634. The highest BCUT2D eigenvalue weighted by Gasteiger charge is 2.56. The summed E-state index contributed by atoms with van der Waals surface area (Å²) in [5.41, 5.74) is 0.227. The van der Waals surface area contributed by atoms with Crippen molar-refractivity contribution in [1.29, 1.82) is 0 Å². The van der Waals surface area contributed by atoms with Crippen LogP contribution in [0.25, 0.3) is 0 Å². The minimum absolute atomic E-state index is 0.187. The van der Waals surface area contributed by atoms with Crippen LogP contribution in [-0.2, 0) is 22.4 Å². The lowest BCUT2D eigenvalue weighted by Gasteiger charge is -2.20. The van der Waals surface area contributed by atoms with Gasteiger partial charge >= 0.3 is 6.03 Å². The molecule has 1 aromatic heterocycles. The molecule has 0 bridgehead atoms. The van der Waals surface area contributed by atoms with Crippen molar-refractivity contribution in [1.82, 2.24) is 15.2 Å². The number of hydrogen-bond acceptors (Lipinski definition) is 5. The van der Waals surface area contributed by atoms with E-state index in [1.54, 1.807) is 6.92 Å². The summed E-state index contributed by atoms with van der Waals surface area (Å²) >= 11 is 1.50. The summed E-state index contributed by atoms with van der Waals surface area (Å²) in [5.74, 6) is -0.496. The molecule has 1 saturated carbocycles. The molecular weight excluding hydrogens is 340 g/mol. The molecule has 1 atom stereocenters. The van der Waals surface area contributed by atoms with Crippen LogP contribution in [0.1, 0.15) is 49.6 Å². The lowest BCUT2D eigenvalue weighted by Crippen LogP contribution is -2.46. The van der Waals surface area contributed by atoms with Crippen molar-refractivity contribution in [3.8, 4) is 0 Å². The van der Waals surface area contributed by atoms with E-state index in [-0.39, 0.29) is 24.3 Å². The van der Waals surface area contributed by atoms with Crippen molar-refractivity contribution < 1.29 is 14.4 Å². The van der Waals surface area contributed by atoms with Crippen LogP contribution in [0.2, 0.25) is 0 Å². The number of imide groups is 1.